The minimum Gasteiger partial charge on any atom is -0.338 e. The van der Waals surface area contributed by atoms with Crippen LogP contribution in [-0.2, 0) is 6.42 Å². The minimum absolute atomic E-state index is 0.250. The van der Waals surface area contributed by atoms with Crippen LogP contribution in [0.4, 0.5) is 14.9 Å². The lowest BCUT2D eigenvalue weighted by Crippen LogP contribution is -2.37. The quantitative estimate of drug-likeness (QED) is 0.501. The van der Waals surface area contributed by atoms with E-state index >= 15 is 0 Å². The van der Waals surface area contributed by atoms with Gasteiger partial charge in [0.15, 0.2) is 0 Å². The molecule has 2 N–H and O–H groups in total. The van der Waals surface area contributed by atoms with Crippen molar-refractivity contribution in [2.24, 2.45) is 5.92 Å². The smallest absolute Gasteiger partial charge is 0.319 e. The Bertz CT molecular complexity index is 992. The van der Waals surface area contributed by atoms with Crippen molar-refractivity contribution in [3.05, 3.63) is 78.1 Å². The van der Waals surface area contributed by atoms with Crippen LogP contribution in [0.2, 0.25) is 0 Å². The number of rotatable bonds is 7. The highest BCUT2D eigenvalue weighted by Gasteiger charge is 2.19. The monoisotopic (exact) mass is 419 g/mol. The van der Waals surface area contributed by atoms with Gasteiger partial charge in [0.2, 0.25) is 0 Å². The molecule has 0 spiro atoms. The SMILES string of the molecule is O=C(NCCCN1CCC(Cc2cccc3ccccc23)CC1)Nc1ccc(F)cc1. The van der Waals surface area contributed by atoms with Gasteiger partial charge < -0.3 is 15.5 Å². The van der Waals surface area contributed by atoms with E-state index in [0.29, 0.717) is 12.2 Å². The van der Waals surface area contributed by atoms with Crippen molar-refractivity contribution in [1.29, 1.82) is 0 Å². The van der Waals surface area contributed by atoms with E-state index in [1.807, 2.05) is 0 Å². The van der Waals surface area contributed by atoms with E-state index in [0.717, 1.165) is 38.4 Å². The van der Waals surface area contributed by atoms with Crippen molar-refractivity contribution in [2.45, 2.75) is 25.7 Å². The van der Waals surface area contributed by atoms with Crippen LogP contribution in [0.3, 0.4) is 0 Å². The van der Waals surface area contributed by atoms with Gasteiger partial charge in [-0.3, -0.25) is 0 Å². The number of halogens is 1. The van der Waals surface area contributed by atoms with E-state index in [-0.39, 0.29) is 11.8 Å². The molecule has 0 aliphatic carbocycles. The Morgan fingerprint density at radius 2 is 1.71 bits per heavy atom. The molecule has 1 heterocycles. The number of likely N-dealkylation sites (tertiary alicyclic amines) is 1. The fourth-order valence-electron chi connectivity index (χ4n) is 4.41. The first-order chi connectivity index (χ1) is 15.2. The molecule has 1 fully saturated rings. The van der Waals surface area contributed by atoms with Crippen LogP contribution in [0, 0.1) is 11.7 Å². The van der Waals surface area contributed by atoms with Crippen molar-refractivity contribution >= 4 is 22.5 Å². The van der Waals surface area contributed by atoms with E-state index in [2.05, 4.69) is 58.0 Å². The fourth-order valence-corrected chi connectivity index (χ4v) is 4.41. The van der Waals surface area contributed by atoms with Crippen LogP contribution in [0.25, 0.3) is 10.8 Å². The summed E-state index contributed by atoms with van der Waals surface area (Å²) in [5, 5.41) is 8.31. The van der Waals surface area contributed by atoms with Gasteiger partial charge in [-0.05, 0) is 91.8 Å². The number of fused-ring (bicyclic) bond motifs is 1. The Hall–Kier alpha value is -2.92. The summed E-state index contributed by atoms with van der Waals surface area (Å²) in [6, 6.07) is 20.8. The molecular formula is C26H30FN3O. The molecule has 0 unspecified atom stereocenters. The first kappa shape index (κ1) is 21.3. The average Bonchev–Trinajstić information content (AvgIpc) is 2.80. The zero-order valence-electron chi connectivity index (χ0n) is 17.8. The summed E-state index contributed by atoms with van der Waals surface area (Å²) >= 11 is 0. The van der Waals surface area contributed by atoms with Crippen molar-refractivity contribution in [1.82, 2.24) is 10.2 Å². The molecule has 31 heavy (non-hydrogen) atoms. The lowest BCUT2D eigenvalue weighted by molar-refractivity contribution is 0.182. The number of anilines is 1. The minimum atomic E-state index is -0.313. The third-order valence-corrected chi connectivity index (χ3v) is 6.13. The molecule has 1 saturated heterocycles. The number of benzene rings is 3. The Labute approximate surface area is 183 Å². The second kappa shape index (κ2) is 10.4. The normalized spacial score (nSPS) is 15.1. The molecule has 3 aromatic rings. The first-order valence-electron chi connectivity index (χ1n) is 11.2. The number of amides is 2. The Morgan fingerprint density at radius 3 is 2.52 bits per heavy atom. The van der Waals surface area contributed by atoms with Crippen molar-refractivity contribution in [3.8, 4) is 0 Å². The third-order valence-electron chi connectivity index (χ3n) is 6.13. The standard InChI is InChI=1S/C26H30FN3O/c27-23-9-11-24(12-10-23)29-26(31)28-15-4-16-30-17-13-20(14-18-30)19-22-7-3-6-21-5-1-2-8-25(21)22/h1-3,5-12,20H,4,13-19H2,(H2,28,29,31). The van der Waals surface area contributed by atoms with Gasteiger partial charge in [-0.15, -0.1) is 0 Å². The van der Waals surface area contributed by atoms with Gasteiger partial charge in [0.1, 0.15) is 5.82 Å². The molecule has 0 atom stereocenters. The predicted octanol–water partition coefficient (Wildman–Crippen LogP) is 5.45. The van der Waals surface area contributed by atoms with Crippen LogP contribution in [-0.4, -0.2) is 37.1 Å². The molecule has 4 nitrogen and oxygen atoms in total. The lowest BCUT2D eigenvalue weighted by atomic mass is 9.88. The van der Waals surface area contributed by atoms with Gasteiger partial charge in [-0.1, -0.05) is 42.5 Å². The highest BCUT2D eigenvalue weighted by atomic mass is 19.1. The summed E-state index contributed by atoms with van der Waals surface area (Å²) in [6.45, 7) is 3.87. The van der Waals surface area contributed by atoms with Gasteiger partial charge in [0, 0.05) is 12.2 Å². The van der Waals surface area contributed by atoms with Gasteiger partial charge in [0.25, 0.3) is 0 Å². The number of nitrogens with zero attached hydrogens (tertiary/aromatic N) is 1. The van der Waals surface area contributed by atoms with Crippen LogP contribution >= 0.6 is 0 Å². The lowest BCUT2D eigenvalue weighted by Gasteiger charge is -2.32. The molecule has 2 amide bonds. The highest BCUT2D eigenvalue weighted by Crippen LogP contribution is 2.26. The van der Waals surface area contributed by atoms with Gasteiger partial charge in [-0.25, -0.2) is 9.18 Å². The Morgan fingerprint density at radius 1 is 0.968 bits per heavy atom. The number of urea groups is 1. The molecule has 162 valence electrons. The second-order valence-corrected chi connectivity index (χ2v) is 8.37. The number of nitrogens with one attached hydrogen (secondary N) is 2. The zero-order chi connectivity index (χ0) is 21.5. The molecule has 0 bridgehead atoms. The molecule has 1 aliphatic heterocycles. The zero-order valence-corrected chi connectivity index (χ0v) is 17.8. The average molecular weight is 420 g/mol. The van der Waals surface area contributed by atoms with Crippen LogP contribution < -0.4 is 10.6 Å². The van der Waals surface area contributed by atoms with Crippen molar-refractivity contribution in [2.75, 3.05) is 31.5 Å². The van der Waals surface area contributed by atoms with Gasteiger partial charge >= 0.3 is 6.03 Å². The van der Waals surface area contributed by atoms with Crippen molar-refractivity contribution < 1.29 is 9.18 Å². The molecule has 0 aromatic heterocycles. The molecule has 3 aromatic carbocycles. The highest BCUT2D eigenvalue weighted by molar-refractivity contribution is 5.89. The topological polar surface area (TPSA) is 44.4 Å². The van der Waals surface area contributed by atoms with Crippen LogP contribution in [0.15, 0.2) is 66.7 Å². The molecule has 0 radical (unpaired) electrons. The Balaban J connectivity index is 1.14. The number of carbonyl (C=O) groups excluding carboxylic acids is 1. The first-order valence-corrected chi connectivity index (χ1v) is 11.2. The largest absolute Gasteiger partial charge is 0.338 e. The summed E-state index contributed by atoms with van der Waals surface area (Å²) in [7, 11) is 0. The van der Waals surface area contributed by atoms with Gasteiger partial charge in [-0.2, -0.15) is 0 Å². The number of hydrogen-bond donors (Lipinski definition) is 2. The van der Waals surface area contributed by atoms with Crippen molar-refractivity contribution in [3.63, 3.8) is 0 Å². The third kappa shape index (κ3) is 6.05. The summed E-state index contributed by atoms with van der Waals surface area (Å²) in [5.41, 5.74) is 2.06. The van der Waals surface area contributed by atoms with E-state index in [1.54, 1.807) is 12.1 Å². The summed E-state index contributed by atoms with van der Waals surface area (Å²) in [6.07, 6.45) is 4.52. The summed E-state index contributed by atoms with van der Waals surface area (Å²) in [5.74, 6) is 0.425. The van der Waals surface area contributed by atoms with Crippen LogP contribution in [0.1, 0.15) is 24.8 Å². The molecular weight excluding hydrogens is 389 g/mol. The van der Waals surface area contributed by atoms with Gasteiger partial charge in [0.05, 0.1) is 0 Å². The second-order valence-electron chi connectivity index (χ2n) is 8.37. The Kier molecular flexibility index (Phi) is 7.15. The number of hydrogen-bond acceptors (Lipinski definition) is 2. The molecule has 5 heteroatoms. The molecule has 0 saturated carbocycles. The maximum atomic E-state index is 12.9. The fraction of sp³-hybridized carbons (Fsp3) is 0.346. The summed E-state index contributed by atoms with van der Waals surface area (Å²) < 4.78 is 12.9. The predicted molar refractivity (Wildman–Crippen MR) is 125 cm³/mol. The van der Waals surface area contributed by atoms with E-state index < -0.39 is 0 Å². The molecule has 1 aliphatic rings. The van der Waals surface area contributed by atoms with Crippen LogP contribution in [0.5, 0.6) is 0 Å². The van der Waals surface area contributed by atoms with E-state index in [1.165, 1.54) is 41.3 Å². The molecule has 4 rings (SSSR count). The van der Waals surface area contributed by atoms with E-state index in [4.69, 9.17) is 0 Å². The van der Waals surface area contributed by atoms with E-state index in [9.17, 15) is 9.18 Å². The maximum Gasteiger partial charge on any atom is 0.319 e. The summed E-state index contributed by atoms with van der Waals surface area (Å²) in [4.78, 5) is 14.4. The number of piperidine rings is 1. The maximum absolute atomic E-state index is 12.9. The number of carbonyl (C=O) groups is 1.